The Balaban J connectivity index is 1.69. The van der Waals surface area contributed by atoms with Crippen molar-refractivity contribution in [1.29, 1.82) is 0 Å². The van der Waals surface area contributed by atoms with Gasteiger partial charge in [-0.05, 0) is 52.4 Å². The zero-order valence-electron chi connectivity index (χ0n) is 16.8. The molecule has 0 saturated carbocycles. The summed E-state index contributed by atoms with van der Waals surface area (Å²) in [7, 11) is 0. The third kappa shape index (κ3) is 4.22. The summed E-state index contributed by atoms with van der Waals surface area (Å²) in [6, 6.07) is 17.8. The number of amides is 2. The van der Waals surface area contributed by atoms with Gasteiger partial charge in [0.1, 0.15) is 12.4 Å². The average Bonchev–Trinajstić information content (AvgIpc) is 3.06. The smallest absolute Gasteiger partial charge is 0.335 e. The van der Waals surface area contributed by atoms with Crippen molar-refractivity contribution in [2.75, 3.05) is 6.54 Å². The molecule has 1 saturated heterocycles. The number of hydrogen-bond donors (Lipinski definition) is 1. The first-order valence-electron chi connectivity index (χ1n) is 9.63. The highest BCUT2D eigenvalue weighted by molar-refractivity contribution is 8.18. The molecule has 1 fully saturated rings. The van der Waals surface area contributed by atoms with E-state index in [4.69, 9.17) is 16.3 Å². The van der Waals surface area contributed by atoms with E-state index in [-0.39, 0.29) is 23.6 Å². The van der Waals surface area contributed by atoms with Crippen LogP contribution in [0.2, 0.25) is 0 Å². The number of fused-ring (bicyclic) bond motifs is 1. The van der Waals surface area contributed by atoms with Gasteiger partial charge in [-0.1, -0.05) is 48.4 Å². The number of rotatable bonds is 6. The Kier molecular flexibility index (Phi) is 5.97. The zero-order chi connectivity index (χ0) is 22.7. The molecule has 0 unspecified atom stereocenters. The number of hydrogen-bond acceptors (Lipinski definition) is 5. The van der Waals surface area contributed by atoms with E-state index in [1.54, 1.807) is 18.2 Å². The van der Waals surface area contributed by atoms with Crippen LogP contribution in [0.3, 0.4) is 0 Å². The molecule has 158 valence electrons. The summed E-state index contributed by atoms with van der Waals surface area (Å²) in [5.41, 5.74) is 1.67. The molecule has 1 heterocycles. The highest BCUT2D eigenvalue weighted by Gasteiger charge is 2.34. The van der Waals surface area contributed by atoms with Gasteiger partial charge in [0.2, 0.25) is 0 Å². The van der Waals surface area contributed by atoms with Crippen LogP contribution in [0.1, 0.15) is 21.5 Å². The summed E-state index contributed by atoms with van der Waals surface area (Å²) >= 11 is 0.844. The molecule has 1 aliphatic rings. The maximum atomic E-state index is 12.7. The zero-order valence-corrected chi connectivity index (χ0v) is 17.6. The van der Waals surface area contributed by atoms with E-state index in [9.17, 15) is 14.4 Å². The topological polar surface area (TPSA) is 83.9 Å². The van der Waals surface area contributed by atoms with Crippen molar-refractivity contribution in [3.8, 4) is 18.1 Å². The third-order valence-electron chi connectivity index (χ3n) is 4.92. The maximum absolute atomic E-state index is 12.7. The molecule has 6 nitrogen and oxygen atoms in total. The lowest BCUT2D eigenvalue weighted by atomic mass is 10.0. The van der Waals surface area contributed by atoms with E-state index < -0.39 is 17.1 Å². The second-order valence-electron chi connectivity index (χ2n) is 6.96. The van der Waals surface area contributed by atoms with Crippen molar-refractivity contribution in [3.63, 3.8) is 0 Å². The number of benzene rings is 3. The molecule has 7 heteroatoms. The number of thioether (sulfide) groups is 1. The first-order chi connectivity index (χ1) is 15.5. The molecular weight excluding hydrogens is 426 g/mol. The Labute approximate surface area is 188 Å². The van der Waals surface area contributed by atoms with Crippen molar-refractivity contribution < 1.29 is 24.2 Å². The lowest BCUT2D eigenvalue weighted by Crippen LogP contribution is -2.28. The quantitative estimate of drug-likeness (QED) is 0.436. The van der Waals surface area contributed by atoms with Crippen LogP contribution in [-0.4, -0.2) is 33.7 Å². The second-order valence-corrected chi connectivity index (χ2v) is 7.95. The van der Waals surface area contributed by atoms with E-state index in [1.165, 1.54) is 12.1 Å². The molecule has 0 aliphatic carbocycles. The van der Waals surface area contributed by atoms with Crippen LogP contribution in [0, 0.1) is 12.3 Å². The standard InChI is InChI=1S/C25H17NO5S/c1-2-13-26-23(27)22(32-25(26)30)14-20-19-6-4-3-5-17(19)11-12-21(20)31-15-16-7-9-18(10-8-16)24(28)29/h1,3-12,14H,13,15H2,(H,28,29). The minimum absolute atomic E-state index is 0.0762. The summed E-state index contributed by atoms with van der Waals surface area (Å²) in [6.45, 7) is 0.130. The van der Waals surface area contributed by atoms with Gasteiger partial charge in [0.25, 0.3) is 11.1 Å². The predicted octanol–water partition coefficient (Wildman–Crippen LogP) is 4.79. The van der Waals surface area contributed by atoms with Crippen LogP contribution in [0.15, 0.2) is 65.6 Å². The number of carbonyl (C=O) groups is 3. The SMILES string of the molecule is C#CCN1C(=O)SC(=Cc2c(OCc3ccc(C(=O)O)cc3)ccc3ccccc23)C1=O. The van der Waals surface area contributed by atoms with Crippen LogP contribution in [0.4, 0.5) is 4.79 Å². The molecule has 0 radical (unpaired) electrons. The van der Waals surface area contributed by atoms with E-state index in [0.717, 1.165) is 33.0 Å². The molecule has 3 aromatic rings. The number of aromatic carboxylic acids is 1. The number of nitrogens with zero attached hydrogens (tertiary/aromatic N) is 1. The summed E-state index contributed by atoms with van der Waals surface area (Å²) in [4.78, 5) is 37.2. The highest BCUT2D eigenvalue weighted by Crippen LogP contribution is 2.37. The maximum Gasteiger partial charge on any atom is 0.335 e. The first-order valence-corrected chi connectivity index (χ1v) is 10.4. The summed E-state index contributed by atoms with van der Waals surface area (Å²) in [5.74, 6) is 1.44. The number of imide groups is 1. The summed E-state index contributed by atoms with van der Waals surface area (Å²) < 4.78 is 6.03. The fourth-order valence-corrected chi connectivity index (χ4v) is 4.13. The molecule has 32 heavy (non-hydrogen) atoms. The van der Waals surface area contributed by atoms with E-state index in [2.05, 4.69) is 5.92 Å². The van der Waals surface area contributed by atoms with Crippen molar-refractivity contribution in [2.45, 2.75) is 6.61 Å². The van der Waals surface area contributed by atoms with Crippen LogP contribution in [0.5, 0.6) is 5.75 Å². The van der Waals surface area contributed by atoms with Gasteiger partial charge in [-0.15, -0.1) is 6.42 Å². The Hall–Kier alpha value is -4.02. The molecular formula is C25H17NO5S. The largest absolute Gasteiger partial charge is 0.488 e. The van der Waals surface area contributed by atoms with Crippen LogP contribution >= 0.6 is 11.8 Å². The Morgan fingerprint density at radius 1 is 1.09 bits per heavy atom. The lowest BCUT2D eigenvalue weighted by molar-refractivity contribution is -0.122. The number of ether oxygens (including phenoxy) is 1. The normalized spacial score (nSPS) is 14.7. The third-order valence-corrected chi connectivity index (χ3v) is 5.83. The fraction of sp³-hybridized carbons (Fsp3) is 0.0800. The van der Waals surface area contributed by atoms with Gasteiger partial charge < -0.3 is 9.84 Å². The van der Waals surface area contributed by atoms with Crippen molar-refractivity contribution in [2.24, 2.45) is 0 Å². The molecule has 1 aliphatic heterocycles. The van der Waals surface area contributed by atoms with Crippen LogP contribution in [0.25, 0.3) is 16.8 Å². The van der Waals surface area contributed by atoms with Crippen molar-refractivity contribution in [1.82, 2.24) is 4.90 Å². The fourth-order valence-electron chi connectivity index (χ4n) is 3.31. The van der Waals surface area contributed by atoms with Gasteiger partial charge in [-0.3, -0.25) is 14.5 Å². The highest BCUT2D eigenvalue weighted by atomic mass is 32.2. The Morgan fingerprint density at radius 2 is 1.84 bits per heavy atom. The number of carboxylic acid groups (broad SMARTS) is 1. The molecule has 0 aromatic heterocycles. The van der Waals surface area contributed by atoms with Gasteiger partial charge >= 0.3 is 5.97 Å². The number of carbonyl (C=O) groups excluding carboxylic acids is 2. The molecule has 0 atom stereocenters. The Bertz CT molecular complexity index is 1300. The van der Waals surface area contributed by atoms with E-state index in [1.807, 2.05) is 36.4 Å². The minimum Gasteiger partial charge on any atom is -0.488 e. The molecule has 0 spiro atoms. The second kappa shape index (κ2) is 9.00. The lowest BCUT2D eigenvalue weighted by Gasteiger charge is -2.13. The molecule has 0 bridgehead atoms. The molecule has 2 amide bonds. The molecule has 3 aromatic carbocycles. The van der Waals surface area contributed by atoms with E-state index >= 15 is 0 Å². The van der Waals surface area contributed by atoms with Crippen LogP contribution < -0.4 is 4.74 Å². The van der Waals surface area contributed by atoms with E-state index in [0.29, 0.717) is 11.3 Å². The number of carboxylic acids is 1. The first kappa shape index (κ1) is 21.2. The Morgan fingerprint density at radius 3 is 2.56 bits per heavy atom. The van der Waals surface area contributed by atoms with Crippen molar-refractivity contribution >= 4 is 45.7 Å². The predicted molar refractivity (Wildman–Crippen MR) is 123 cm³/mol. The van der Waals surface area contributed by atoms with Crippen molar-refractivity contribution in [3.05, 3.63) is 82.3 Å². The van der Waals surface area contributed by atoms with Gasteiger partial charge in [0.05, 0.1) is 17.0 Å². The monoisotopic (exact) mass is 443 g/mol. The molecule has 4 rings (SSSR count). The number of terminal acetylenes is 1. The van der Waals surface area contributed by atoms with Crippen LogP contribution in [-0.2, 0) is 11.4 Å². The summed E-state index contributed by atoms with van der Waals surface area (Å²) in [5, 5.41) is 10.5. The molecule has 1 N–H and O–H groups in total. The van der Waals surface area contributed by atoms with Gasteiger partial charge in [0, 0.05) is 5.56 Å². The van der Waals surface area contributed by atoms with Gasteiger partial charge in [-0.2, -0.15) is 0 Å². The van der Waals surface area contributed by atoms with Gasteiger partial charge in [0.15, 0.2) is 0 Å². The van der Waals surface area contributed by atoms with Gasteiger partial charge in [-0.25, -0.2) is 4.79 Å². The summed E-state index contributed by atoms with van der Waals surface area (Å²) in [6.07, 6.45) is 6.93. The average molecular weight is 443 g/mol. The minimum atomic E-state index is -0.993.